The maximum absolute atomic E-state index is 12.8. The topological polar surface area (TPSA) is 90.0 Å². The van der Waals surface area contributed by atoms with Gasteiger partial charge in [0.15, 0.2) is 0 Å². The first kappa shape index (κ1) is 22.6. The Labute approximate surface area is 190 Å². The molecule has 0 bridgehead atoms. The lowest BCUT2D eigenvalue weighted by Crippen LogP contribution is -2.41. The molecule has 4 rings (SSSR count). The summed E-state index contributed by atoms with van der Waals surface area (Å²) in [6.45, 7) is 6.84. The zero-order valence-corrected chi connectivity index (χ0v) is 19.3. The Morgan fingerprint density at radius 2 is 1.88 bits per heavy atom. The standard InChI is InChI=1S/C24H31N3O4S/c1-18-6-4-8-21(14-18)32(30,31)25-20-9-10-23(22(15-20)24(28)29)27-13-5-7-19(17-27)16-26-11-2-3-12-26/h4,6,8-10,14-15,19,25H,2-3,5,7,11-13,16-17H2,1H3,(H,28,29)/t19-/m1/s1. The lowest BCUT2D eigenvalue weighted by Gasteiger charge is -2.36. The minimum atomic E-state index is -3.80. The van der Waals surface area contributed by atoms with Crippen molar-refractivity contribution in [3.05, 3.63) is 53.6 Å². The Morgan fingerprint density at radius 3 is 2.59 bits per heavy atom. The Bertz CT molecular complexity index is 1080. The van der Waals surface area contributed by atoms with Gasteiger partial charge in [-0.05, 0) is 87.5 Å². The smallest absolute Gasteiger partial charge is 0.337 e. The molecular formula is C24H31N3O4S. The SMILES string of the molecule is Cc1cccc(S(=O)(=O)Nc2ccc(N3CCC[C@H](CN4CCCC4)C3)c(C(=O)O)c2)c1. The van der Waals surface area contributed by atoms with Gasteiger partial charge in [-0.3, -0.25) is 4.72 Å². The summed E-state index contributed by atoms with van der Waals surface area (Å²) in [6, 6.07) is 11.4. The summed E-state index contributed by atoms with van der Waals surface area (Å²) < 4.78 is 28.0. The van der Waals surface area contributed by atoms with Crippen LogP contribution in [0.3, 0.4) is 0 Å². The molecule has 2 saturated heterocycles. The minimum absolute atomic E-state index is 0.122. The first-order chi connectivity index (χ1) is 15.3. The maximum Gasteiger partial charge on any atom is 0.337 e. The van der Waals surface area contributed by atoms with Crippen molar-refractivity contribution in [1.29, 1.82) is 0 Å². The normalized spacial score (nSPS) is 19.8. The van der Waals surface area contributed by atoms with Crippen LogP contribution in [0.4, 0.5) is 11.4 Å². The number of hydrogen-bond acceptors (Lipinski definition) is 5. The third-order valence-electron chi connectivity index (χ3n) is 6.35. The fourth-order valence-electron chi connectivity index (χ4n) is 4.81. The molecule has 2 aromatic carbocycles. The highest BCUT2D eigenvalue weighted by molar-refractivity contribution is 7.92. The molecule has 0 aromatic heterocycles. The molecule has 172 valence electrons. The van der Waals surface area contributed by atoms with Crippen LogP contribution in [0.15, 0.2) is 47.4 Å². The third-order valence-corrected chi connectivity index (χ3v) is 7.73. The van der Waals surface area contributed by atoms with Crippen molar-refractivity contribution in [2.45, 2.75) is 37.5 Å². The number of nitrogens with one attached hydrogen (secondary N) is 1. The van der Waals surface area contributed by atoms with Gasteiger partial charge in [0, 0.05) is 25.3 Å². The molecule has 1 atom stereocenters. The van der Waals surface area contributed by atoms with Crippen LogP contribution >= 0.6 is 0 Å². The zero-order chi connectivity index (χ0) is 22.7. The molecule has 0 amide bonds. The predicted octanol–water partition coefficient (Wildman–Crippen LogP) is 3.81. The molecule has 7 nitrogen and oxygen atoms in total. The van der Waals surface area contributed by atoms with Crippen molar-refractivity contribution in [1.82, 2.24) is 4.90 Å². The van der Waals surface area contributed by atoms with Crippen LogP contribution in [0.2, 0.25) is 0 Å². The highest BCUT2D eigenvalue weighted by atomic mass is 32.2. The first-order valence-corrected chi connectivity index (χ1v) is 12.7. The fraction of sp³-hybridized carbons (Fsp3) is 0.458. The molecule has 2 aliphatic rings. The number of piperidine rings is 1. The lowest BCUT2D eigenvalue weighted by molar-refractivity contribution is 0.0697. The number of rotatable bonds is 7. The molecule has 32 heavy (non-hydrogen) atoms. The van der Waals surface area contributed by atoms with Crippen molar-refractivity contribution in [2.75, 3.05) is 42.3 Å². The van der Waals surface area contributed by atoms with E-state index in [1.807, 2.05) is 13.0 Å². The summed E-state index contributed by atoms with van der Waals surface area (Å²) >= 11 is 0. The van der Waals surface area contributed by atoms with Crippen LogP contribution in [-0.2, 0) is 10.0 Å². The van der Waals surface area contributed by atoms with Gasteiger partial charge in [-0.15, -0.1) is 0 Å². The maximum atomic E-state index is 12.8. The highest BCUT2D eigenvalue weighted by Gasteiger charge is 2.26. The number of nitrogens with zero attached hydrogens (tertiary/aromatic N) is 2. The summed E-state index contributed by atoms with van der Waals surface area (Å²) in [5.41, 5.74) is 1.86. The number of anilines is 2. The number of benzene rings is 2. The van der Waals surface area contributed by atoms with E-state index in [4.69, 9.17) is 0 Å². The van der Waals surface area contributed by atoms with E-state index in [1.54, 1.807) is 24.3 Å². The van der Waals surface area contributed by atoms with E-state index < -0.39 is 16.0 Å². The van der Waals surface area contributed by atoms with Gasteiger partial charge >= 0.3 is 5.97 Å². The van der Waals surface area contributed by atoms with Gasteiger partial charge in [0.25, 0.3) is 10.0 Å². The Morgan fingerprint density at radius 1 is 1.09 bits per heavy atom. The summed E-state index contributed by atoms with van der Waals surface area (Å²) in [7, 11) is -3.80. The second-order valence-corrected chi connectivity index (χ2v) is 10.6. The number of carboxylic acid groups (broad SMARTS) is 1. The Balaban J connectivity index is 1.53. The van der Waals surface area contributed by atoms with Gasteiger partial charge in [0.1, 0.15) is 0 Å². The molecule has 8 heteroatoms. The van der Waals surface area contributed by atoms with Gasteiger partial charge < -0.3 is 14.9 Å². The van der Waals surface area contributed by atoms with Gasteiger partial charge in [0.2, 0.25) is 0 Å². The monoisotopic (exact) mass is 457 g/mol. The van der Waals surface area contributed by atoms with Gasteiger partial charge in [-0.25, -0.2) is 13.2 Å². The number of sulfonamides is 1. The van der Waals surface area contributed by atoms with E-state index in [2.05, 4.69) is 14.5 Å². The van der Waals surface area contributed by atoms with Gasteiger partial charge in [0.05, 0.1) is 16.1 Å². The van der Waals surface area contributed by atoms with Crippen LogP contribution in [-0.4, -0.2) is 57.1 Å². The first-order valence-electron chi connectivity index (χ1n) is 11.3. The van der Waals surface area contributed by atoms with Crippen molar-refractivity contribution >= 4 is 27.4 Å². The number of carbonyl (C=O) groups is 1. The molecule has 0 aliphatic carbocycles. The number of carboxylic acids is 1. The van der Waals surface area contributed by atoms with Gasteiger partial charge in [-0.1, -0.05) is 12.1 Å². The van der Waals surface area contributed by atoms with E-state index in [0.29, 0.717) is 11.6 Å². The quantitative estimate of drug-likeness (QED) is 0.657. The van der Waals surface area contributed by atoms with Crippen LogP contribution in [0.25, 0.3) is 0 Å². The molecule has 2 N–H and O–H groups in total. The second kappa shape index (κ2) is 9.50. The lowest BCUT2D eigenvalue weighted by atomic mass is 9.96. The summed E-state index contributed by atoms with van der Waals surface area (Å²) in [6.07, 6.45) is 4.71. The van der Waals surface area contributed by atoms with Crippen molar-refractivity contribution in [3.63, 3.8) is 0 Å². The third kappa shape index (κ3) is 5.24. The molecule has 2 aliphatic heterocycles. The second-order valence-electron chi connectivity index (χ2n) is 8.92. The average molecular weight is 458 g/mol. The summed E-state index contributed by atoms with van der Waals surface area (Å²) in [4.78, 5) is 16.9. The fourth-order valence-corrected chi connectivity index (χ4v) is 5.96. The number of hydrogen-bond donors (Lipinski definition) is 2. The van der Waals surface area contributed by atoms with Crippen LogP contribution < -0.4 is 9.62 Å². The molecule has 2 fully saturated rings. The van der Waals surface area contributed by atoms with Crippen molar-refractivity contribution in [2.24, 2.45) is 5.92 Å². The van der Waals surface area contributed by atoms with E-state index in [-0.39, 0.29) is 16.1 Å². The largest absolute Gasteiger partial charge is 0.478 e. The summed E-state index contributed by atoms with van der Waals surface area (Å²) in [5.74, 6) is -0.540. The number of aromatic carboxylic acids is 1. The summed E-state index contributed by atoms with van der Waals surface area (Å²) in [5, 5.41) is 9.86. The minimum Gasteiger partial charge on any atom is -0.478 e. The Kier molecular flexibility index (Phi) is 6.71. The van der Waals surface area contributed by atoms with Crippen molar-refractivity contribution < 1.29 is 18.3 Å². The van der Waals surface area contributed by atoms with Gasteiger partial charge in [-0.2, -0.15) is 0 Å². The van der Waals surface area contributed by atoms with Crippen LogP contribution in [0.1, 0.15) is 41.6 Å². The van der Waals surface area contributed by atoms with E-state index in [9.17, 15) is 18.3 Å². The number of likely N-dealkylation sites (tertiary alicyclic amines) is 1. The molecule has 0 unspecified atom stereocenters. The molecule has 0 saturated carbocycles. The van der Waals surface area contributed by atoms with E-state index in [1.165, 1.54) is 25.0 Å². The molecular weight excluding hydrogens is 426 g/mol. The van der Waals surface area contributed by atoms with E-state index >= 15 is 0 Å². The predicted molar refractivity (Wildman–Crippen MR) is 126 cm³/mol. The molecule has 2 aromatic rings. The molecule has 0 radical (unpaired) electrons. The van der Waals surface area contributed by atoms with Crippen molar-refractivity contribution in [3.8, 4) is 0 Å². The zero-order valence-electron chi connectivity index (χ0n) is 18.5. The highest BCUT2D eigenvalue weighted by Crippen LogP contribution is 2.30. The average Bonchev–Trinajstić information content (AvgIpc) is 3.26. The number of aryl methyl sites for hydroxylation is 1. The molecule has 2 heterocycles. The Hall–Kier alpha value is -2.58. The van der Waals surface area contributed by atoms with Crippen LogP contribution in [0.5, 0.6) is 0 Å². The molecule has 0 spiro atoms. The van der Waals surface area contributed by atoms with Crippen LogP contribution in [0, 0.1) is 12.8 Å². The van der Waals surface area contributed by atoms with E-state index in [0.717, 1.165) is 51.1 Å².